The van der Waals surface area contributed by atoms with Crippen molar-refractivity contribution in [2.75, 3.05) is 10.5 Å². The number of anilines is 1. The minimum Gasteiger partial charge on any atom is -0.284 e. The van der Waals surface area contributed by atoms with Crippen molar-refractivity contribution in [2.24, 2.45) is 5.10 Å². The van der Waals surface area contributed by atoms with Crippen molar-refractivity contribution in [3.05, 3.63) is 95.3 Å². The van der Waals surface area contributed by atoms with Gasteiger partial charge in [0.05, 0.1) is 22.4 Å². The minimum atomic E-state index is -4.01. The molecule has 0 amide bonds. The molecule has 0 radical (unpaired) electrons. The zero-order valence-electron chi connectivity index (χ0n) is 18.6. The van der Waals surface area contributed by atoms with Gasteiger partial charge < -0.3 is 0 Å². The largest absolute Gasteiger partial charge is 0.284 e. The summed E-state index contributed by atoms with van der Waals surface area (Å²) in [7, 11) is -7.43. The lowest BCUT2D eigenvalue weighted by Crippen LogP contribution is -2.27. The average molecular weight is 502 g/mol. The molecule has 3 aromatic rings. The maximum atomic E-state index is 14.0. The Morgan fingerprint density at radius 2 is 1.68 bits per heavy atom. The van der Waals surface area contributed by atoms with Crippen molar-refractivity contribution >= 4 is 31.4 Å². The summed E-state index contributed by atoms with van der Waals surface area (Å²) in [6, 6.07) is 18.1. The topological polar surface area (TPSA) is 95.9 Å². The monoisotopic (exact) mass is 501 g/mol. The molecule has 1 atom stereocenters. The summed E-state index contributed by atoms with van der Waals surface area (Å²) in [6.45, 7) is 3.40. The van der Waals surface area contributed by atoms with Gasteiger partial charge in [0.25, 0.3) is 10.0 Å². The second-order valence-electron chi connectivity index (χ2n) is 8.00. The Kier molecular flexibility index (Phi) is 6.46. The third-order valence-corrected chi connectivity index (χ3v) is 8.55. The number of benzene rings is 3. The first-order valence-electron chi connectivity index (χ1n) is 10.6. The average Bonchev–Trinajstić information content (AvgIpc) is 3.26. The number of nitrogens with zero attached hydrogens (tertiary/aromatic N) is 2. The molecule has 1 unspecified atom stereocenters. The summed E-state index contributed by atoms with van der Waals surface area (Å²) in [4.78, 5) is 0.0915. The van der Waals surface area contributed by atoms with Gasteiger partial charge in [-0.25, -0.2) is 12.8 Å². The van der Waals surface area contributed by atoms with E-state index >= 15 is 0 Å². The van der Waals surface area contributed by atoms with E-state index in [1.807, 2.05) is 6.92 Å². The molecule has 0 spiro atoms. The molecule has 1 heterocycles. The zero-order valence-corrected chi connectivity index (χ0v) is 20.3. The molecule has 3 aromatic carbocycles. The SMILES string of the molecule is CCS(=O)(=O)Nc1ccc(C2=NN(S(=O)(=O)c3ccc(C)cc3)C(c3cccc(F)c3)C2)cc1. The Balaban J connectivity index is 1.72. The van der Waals surface area contributed by atoms with Gasteiger partial charge in [0.15, 0.2) is 0 Å². The van der Waals surface area contributed by atoms with E-state index in [1.165, 1.54) is 30.3 Å². The first-order valence-corrected chi connectivity index (χ1v) is 13.7. The summed E-state index contributed by atoms with van der Waals surface area (Å²) >= 11 is 0. The molecule has 0 bridgehead atoms. The van der Waals surface area contributed by atoms with E-state index in [0.29, 0.717) is 22.5 Å². The van der Waals surface area contributed by atoms with Crippen LogP contribution in [0.1, 0.15) is 36.1 Å². The van der Waals surface area contributed by atoms with Crippen LogP contribution < -0.4 is 4.72 Å². The molecule has 0 saturated carbocycles. The van der Waals surface area contributed by atoms with Crippen LogP contribution >= 0.6 is 0 Å². The summed E-state index contributed by atoms with van der Waals surface area (Å²) in [5, 5.41) is 4.44. The lowest BCUT2D eigenvalue weighted by Gasteiger charge is -2.23. The van der Waals surface area contributed by atoms with Crippen molar-refractivity contribution < 1.29 is 21.2 Å². The van der Waals surface area contributed by atoms with E-state index in [0.717, 1.165) is 9.98 Å². The minimum absolute atomic E-state index is 0.0530. The lowest BCUT2D eigenvalue weighted by molar-refractivity contribution is 0.370. The van der Waals surface area contributed by atoms with E-state index in [9.17, 15) is 21.2 Å². The molecule has 1 N–H and O–H groups in total. The van der Waals surface area contributed by atoms with Gasteiger partial charge in [-0.05, 0) is 61.4 Å². The number of hydrazone groups is 1. The van der Waals surface area contributed by atoms with Crippen molar-refractivity contribution in [3.63, 3.8) is 0 Å². The first-order chi connectivity index (χ1) is 16.1. The number of hydrogen-bond donors (Lipinski definition) is 1. The van der Waals surface area contributed by atoms with E-state index in [2.05, 4.69) is 9.82 Å². The van der Waals surface area contributed by atoms with Gasteiger partial charge in [-0.3, -0.25) is 4.72 Å². The molecule has 4 rings (SSSR count). The van der Waals surface area contributed by atoms with Crippen LogP contribution in [0.5, 0.6) is 0 Å². The van der Waals surface area contributed by atoms with Crippen molar-refractivity contribution in [1.82, 2.24) is 4.41 Å². The van der Waals surface area contributed by atoms with Crippen LogP contribution in [0.15, 0.2) is 82.8 Å². The van der Waals surface area contributed by atoms with Crippen LogP contribution in [0.4, 0.5) is 10.1 Å². The predicted molar refractivity (Wildman–Crippen MR) is 130 cm³/mol. The molecule has 10 heteroatoms. The molecule has 0 aromatic heterocycles. The van der Waals surface area contributed by atoms with E-state index in [-0.39, 0.29) is 17.1 Å². The number of sulfonamides is 2. The Labute approximate surface area is 199 Å². The fraction of sp³-hybridized carbons (Fsp3) is 0.208. The second-order valence-corrected chi connectivity index (χ2v) is 11.8. The van der Waals surface area contributed by atoms with Gasteiger partial charge in [-0.2, -0.15) is 17.9 Å². The maximum absolute atomic E-state index is 14.0. The molecule has 1 aliphatic rings. The molecule has 178 valence electrons. The van der Waals surface area contributed by atoms with Crippen molar-refractivity contribution in [2.45, 2.75) is 31.2 Å². The highest BCUT2D eigenvalue weighted by atomic mass is 32.2. The third kappa shape index (κ3) is 4.97. The summed E-state index contributed by atoms with van der Waals surface area (Å²) in [5.74, 6) is -0.519. The molecule has 0 saturated heterocycles. The Bertz CT molecular complexity index is 1440. The fourth-order valence-electron chi connectivity index (χ4n) is 3.65. The Hall–Kier alpha value is -3.24. The van der Waals surface area contributed by atoms with Crippen molar-refractivity contribution in [1.29, 1.82) is 0 Å². The van der Waals surface area contributed by atoms with Crippen LogP contribution in [0.2, 0.25) is 0 Å². The second kappa shape index (κ2) is 9.19. The van der Waals surface area contributed by atoms with Gasteiger partial charge in [0, 0.05) is 12.1 Å². The van der Waals surface area contributed by atoms with Gasteiger partial charge in [0.1, 0.15) is 5.82 Å². The van der Waals surface area contributed by atoms with Crippen LogP contribution in [0, 0.1) is 12.7 Å². The van der Waals surface area contributed by atoms with Gasteiger partial charge in [-0.1, -0.05) is 42.0 Å². The Morgan fingerprint density at radius 3 is 2.29 bits per heavy atom. The van der Waals surface area contributed by atoms with Gasteiger partial charge in [0.2, 0.25) is 10.0 Å². The third-order valence-electron chi connectivity index (χ3n) is 5.54. The quantitative estimate of drug-likeness (QED) is 0.518. The number of rotatable bonds is 7. The lowest BCUT2D eigenvalue weighted by atomic mass is 9.99. The van der Waals surface area contributed by atoms with Crippen molar-refractivity contribution in [3.8, 4) is 0 Å². The molecular formula is C24H24FN3O4S2. The molecule has 7 nitrogen and oxygen atoms in total. The van der Waals surface area contributed by atoms with E-state index in [4.69, 9.17) is 0 Å². The highest BCUT2D eigenvalue weighted by Crippen LogP contribution is 2.37. The number of hydrogen-bond acceptors (Lipinski definition) is 5. The Morgan fingerprint density at radius 1 is 1.00 bits per heavy atom. The summed E-state index contributed by atoms with van der Waals surface area (Å²) < 4.78 is 68.1. The van der Waals surface area contributed by atoms with Crippen LogP contribution in [0.25, 0.3) is 0 Å². The number of aryl methyl sites for hydroxylation is 1. The first kappa shape index (κ1) is 23.9. The predicted octanol–water partition coefficient (Wildman–Crippen LogP) is 4.44. The smallest absolute Gasteiger partial charge is 0.279 e. The summed E-state index contributed by atoms with van der Waals surface area (Å²) in [6.07, 6.45) is 0.231. The van der Waals surface area contributed by atoms with E-state index in [1.54, 1.807) is 49.4 Å². The molecular weight excluding hydrogens is 477 g/mol. The van der Waals surface area contributed by atoms with Gasteiger partial charge >= 0.3 is 0 Å². The molecule has 34 heavy (non-hydrogen) atoms. The fourth-order valence-corrected chi connectivity index (χ4v) is 5.72. The normalized spacial score (nSPS) is 16.4. The number of nitrogens with one attached hydrogen (secondary N) is 1. The molecule has 0 fully saturated rings. The van der Waals surface area contributed by atoms with Crippen LogP contribution in [-0.2, 0) is 20.0 Å². The van der Waals surface area contributed by atoms with Crippen LogP contribution in [-0.4, -0.2) is 32.7 Å². The zero-order chi connectivity index (χ0) is 24.5. The van der Waals surface area contributed by atoms with Gasteiger partial charge in [-0.15, -0.1) is 0 Å². The summed E-state index contributed by atoms with van der Waals surface area (Å²) in [5.41, 5.74) is 2.94. The highest BCUT2D eigenvalue weighted by Gasteiger charge is 2.37. The van der Waals surface area contributed by atoms with E-state index < -0.39 is 31.9 Å². The number of halogens is 1. The maximum Gasteiger partial charge on any atom is 0.279 e. The van der Waals surface area contributed by atoms with Crippen LogP contribution in [0.3, 0.4) is 0 Å². The molecule has 1 aliphatic heterocycles. The molecule has 0 aliphatic carbocycles. The highest BCUT2D eigenvalue weighted by molar-refractivity contribution is 7.92. The standard InChI is InChI=1S/C24H24FN3O4S2/c1-3-33(29,30)27-21-11-9-18(10-12-21)23-16-24(19-5-4-6-20(25)15-19)28(26-23)34(31,32)22-13-7-17(2)8-14-22/h4-15,24,27H,3,16H2,1-2H3.